The van der Waals surface area contributed by atoms with Crippen molar-refractivity contribution in [3.05, 3.63) is 70.3 Å². The van der Waals surface area contributed by atoms with Crippen LogP contribution in [-0.2, 0) is 9.59 Å². The minimum absolute atomic E-state index is 0.0446. The van der Waals surface area contributed by atoms with E-state index in [0.29, 0.717) is 10.8 Å². The Morgan fingerprint density at radius 3 is 2.07 bits per heavy atom. The van der Waals surface area contributed by atoms with Gasteiger partial charge in [0.25, 0.3) is 0 Å². The first-order valence-corrected chi connectivity index (χ1v) is 8.94. The van der Waals surface area contributed by atoms with Crippen molar-refractivity contribution in [1.82, 2.24) is 0 Å². The van der Waals surface area contributed by atoms with Gasteiger partial charge in [-0.2, -0.15) is 0 Å². The van der Waals surface area contributed by atoms with E-state index in [1.165, 1.54) is 26.0 Å². The van der Waals surface area contributed by atoms with Crippen molar-refractivity contribution >= 4 is 34.3 Å². The monoisotopic (exact) mass is 388 g/mol. The van der Waals surface area contributed by atoms with E-state index < -0.39 is 23.5 Å². The van der Waals surface area contributed by atoms with Crippen LogP contribution >= 0.6 is 0 Å². The molecule has 29 heavy (non-hydrogen) atoms. The first-order chi connectivity index (χ1) is 13.8. The molecule has 1 aliphatic rings. The summed E-state index contributed by atoms with van der Waals surface area (Å²) in [6.07, 6.45) is 0. The molecule has 0 bridgehead atoms. The quantitative estimate of drug-likeness (QED) is 0.384. The van der Waals surface area contributed by atoms with Gasteiger partial charge in [0.2, 0.25) is 0 Å². The summed E-state index contributed by atoms with van der Waals surface area (Å²) in [5.41, 5.74) is 1.40. The number of rotatable bonds is 2. The van der Waals surface area contributed by atoms with Crippen LogP contribution < -0.4 is 9.47 Å². The van der Waals surface area contributed by atoms with Crippen LogP contribution in [0.3, 0.4) is 0 Å². The largest absolute Gasteiger partial charge is 0.426 e. The van der Waals surface area contributed by atoms with Crippen molar-refractivity contribution in [3.63, 3.8) is 0 Å². The zero-order valence-electron chi connectivity index (χ0n) is 16.0. The van der Waals surface area contributed by atoms with Crippen LogP contribution in [0.1, 0.15) is 51.3 Å². The van der Waals surface area contributed by atoms with E-state index in [9.17, 15) is 19.2 Å². The van der Waals surface area contributed by atoms with Crippen molar-refractivity contribution in [1.29, 1.82) is 0 Å². The highest BCUT2D eigenvalue weighted by Crippen LogP contribution is 2.40. The molecule has 0 aromatic heterocycles. The second-order valence-corrected chi connectivity index (χ2v) is 6.87. The first kappa shape index (κ1) is 18.6. The van der Waals surface area contributed by atoms with Gasteiger partial charge in [-0.05, 0) is 36.1 Å². The van der Waals surface area contributed by atoms with Gasteiger partial charge >= 0.3 is 11.9 Å². The number of hydrogen-bond donors (Lipinski definition) is 0. The van der Waals surface area contributed by atoms with Gasteiger partial charge in [-0.15, -0.1) is 0 Å². The fourth-order valence-corrected chi connectivity index (χ4v) is 3.69. The molecule has 144 valence electrons. The highest BCUT2D eigenvalue weighted by Gasteiger charge is 2.35. The number of carbonyl (C=O) groups excluding carboxylic acids is 4. The Bertz CT molecular complexity index is 1250. The van der Waals surface area contributed by atoms with E-state index in [4.69, 9.17) is 9.47 Å². The maximum absolute atomic E-state index is 13.4. The van der Waals surface area contributed by atoms with Gasteiger partial charge in [0.1, 0.15) is 11.5 Å². The second-order valence-electron chi connectivity index (χ2n) is 6.87. The predicted molar refractivity (Wildman–Crippen MR) is 105 cm³/mol. The van der Waals surface area contributed by atoms with Crippen molar-refractivity contribution in [2.24, 2.45) is 0 Å². The third-order valence-electron chi connectivity index (χ3n) is 4.70. The Morgan fingerprint density at radius 2 is 1.38 bits per heavy atom. The molecule has 6 nitrogen and oxygen atoms in total. The molecule has 6 heteroatoms. The van der Waals surface area contributed by atoms with Gasteiger partial charge in [-0.25, -0.2) is 0 Å². The Morgan fingerprint density at radius 1 is 0.759 bits per heavy atom. The van der Waals surface area contributed by atoms with E-state index in [-0.39, 0.29) is 33.8 Å². The fourth-order valence-electron chi connectivity index (χ4n) is 3.69. The minimum atomic E-state index is -0.587. The molecule has 0 atom stereocenters. The average Bonchev–Trinajstić information content (AvgIpc) is 2.64. The normalized spacial score (nSPS) is 12.4. The zero-order valence-corrected chi connectivity index (χ0v) is 16.0. The number of esters is 2. The number of benzene rings is 3. The number of ketones is 2. The van der Waals surface area contributed by atoms with Gasteiger partial charge in [0.15, 0.2) is 11.6 Å². The van der Waals surface area contributed by atoms with Gasteiger partial charge in [-0.1, -0.05) is 24.3 Å². The molecule has 0 saturated carbocycles. The molecule has 0 fully saturated rings. The lowest BCUT2D eigenvalue weighted by atomic mass is 9.81. The van der Waals surface area contributed by atoms with Crippen molar-refractivity contribution in [3.8, 4) is 11.5 Å². The second kappa shape index (κ2) is 6.67. The van der Waals surface area contributed by atoms with E-state index in [2.05, 4.69) is 0 Å². The molecule has 3 aromatic carbocycles. The van der Waals surface area contributed by atoms with Crippen molar-refractivity contribution in [2.45, 2.75) is 20.8 Å². The molecule has 0 saturated heterocycles. The molecule has 4 rings (SSSR count). The molecular weight excluding hydrogens is 372 g/mol. The highest BCUT2D eigenvalue weighted by molar-refractivity contribution is 6.33. The smallest absolute Gasteiger partial charge is 0.308 e. The number of fused-ring (bicyclic) bond motifs is 4. The van der Waals surface area contributed by atoms with Crippen LogP contribution in [0, 0.1) is 6.92 Å². The molecule has 0 heterocycles. The molecule has 0 spiro atoms. The van der Waals surface area contributed by atoms with E-state index in [1.807, 2.05) is 13.0 Å². The van der Waals surface area contributed by atoms with Crippen LogP contribution in [0.25, 0.3) is 10.8 Å². The summed E-state index contributed by atoms with van der Waals surface area (Å²) >= 11 is 0. The van der Waals surface area contributed by atoms with E-state index >= 15 is 0 Å². The Kier molecular flexibility index (Phi) is 4.27. The SMILES string of the molecule is CC(=O)Oc1cccc2c1C(=O)c1ccc3cc(C)cc(OC(C)=O)c3c1C2=O. The molecule has 0 aliphatic heterocycles. The Balaban J connectivity index is 2.04. The average molecular weight is 388 g/mol. The zero-order chi connectivity index (χ0) is 20.9. The topological polar surface area (TPSA) is 86.7 Å². The third-order valence-corrected chi connectivity index (χ3v) is 4.70. The predicted octanol–water partition coefficient (Wildman–Crippen LogP) is 3.77. The van der Waals surface area contributed by atoms with Crippen LogP contribution in [0.4, 0.5) is 0 Å². The van der Waals surface area contributed by atoms with Crippen LogP contribution in [-0.4, -0.2) is 23.5 Å². The number of aryl methyl sites for hydroxylation is 1. The minimum Gasteiger partial charge on any atom is -0.426 e. The Labute approximate surface area is 166 Å². The number of ether oxygens (including phenoxy) is 2. The van der Waals surface area contributed by atoms with Gasteiger partial charge in [0.05, 0.1) is 5.56 Å². The van der Waals surface area contributed by atoms with Crippen molar-refractivity contribution in [2.75, 3.05) is 0 Å². The molecule has 0 amide bonds. The number of hydrogen-bond acceptors (Lipinski definition) is 6. The van der Waals surface area contributed by atoms with Crippen LogP contribution in [0.2, 0.25) is 0 Å². The van der Waals surface area contributed by atoms with Crippen molar-refractivity contribution < 1.29 is 28.7 Å². The summed E-state index contributed by atoms with van der Waals surface area (Å²) in [6.45, 7) is 4.35. The third kappa shape index (κ3) is 2.99. The van der Waals surface area contributed by atoms with Gasteiger partial charge < -0.3 is 9.47 Å². The molecule has 0 radical (unpaired) electrons. The van der Waals surface area contributed by atoms with E-state index in [0.717, 1.165) is 5.56 Å². The van der Waals surface area contributed by atoms with Gasteiger partial charge in [-0.3, -0.25) is 19.2 Å². The highest BCUT2D eigenvalue weighted by atomic mass is 16.5. The summed E-state index contributed by atoms with van der Waals surface area (Å²) in [5, 5.41) is 1.09. The molecule has 1 aliphatic carbocycles. The fraction of sp³-hybridized carbons (Fsp3) is 0.130. The summed E-state index contributed by atoms with van der Waals surface area (Å²) < 4.78 is 10.5. The molecule has 3 aromatic rings. The van der Waals surface area contributed by atoms with E-state index in [1.54, 1.807) is 24.3 Å². The maximum atomic E-state index is 13.4. The van der Waals surface area contributed by atoms with Crippen LogP contribution in [0.5, 0.6) is 11.5 Å². The standard InChI is InChI=1S/C23H16O6/c1-11-9-14-7-8-16-21(19(14)18(10-11)29-13(3)25)23(27)15-5-4-6-17(28-12(2)24)20(15)22(16)26/h4-10H,1-3H3. The maximum Gasteiger partial charge on any atom is 0.308 e. The number of carbonyl (C=O) groups is 4. The van der Waals surface area contributed by atoms with Crippen LogP contribution in [0.15, 0.2) is 42.5 Å². The molecule has 0 N–H and O–H groups in total. The lowest BCUT2D eigenvalue weighted by Gasteiger charge is -2.22. The lowest BCUT2D eigenvalue weighted by molar-refractivity contribution is -0.132. The molecular formula is C23H16O6. The lowest BCUT2D eigenvalue weighted by Crippen LogP contribution is -2.23. The summed E-state index contributed by atoms with van der Waals surface area (Å²) in [6, 6.07) is 11.3. The summed E-state index contributed by atoms with van der Waals surface area (Å²) in [4.78, 5) is 49.7. The molecule has 0 unspecified atom stereocenters. The summed E-state index contributed by atoms with van der Waals surface area (Å²) in [5.74, 6) is -1.67. The first-order valence-electron chi connectivity index (χ1n) is 8.94. The van der Waals surface area contributed by atoms with Gasteiger partial charge in [0, 0.05) is 35.9 Å². The summed E-state index contributed by atoms with van der Waals surface area (Å²) in [7, 11) is 0. The Hall–Kier alpha value is -3.80.